The fraction of sp³-hybridized carbons (Fsp3) is 0.375. The molecule has 2 aromatic rings. The molecule has 1 N–H and O–H groups in total. The van der Waals surface area contributed by atoms with Crippen molar-refractivity contribution in [3.63, 3.8) is 0 Å². The van der Waals surface area contributed by atoms with Crippen molar-refractivity contribution < 1.29 is 13.2 Å². The number of hydrogen-bond acceptors (Lipinski definition) is 4. The fourth-order valence-electron chi connectivity index (χ4n) is 3.16. The molecule has 122 valence electrons. The van der Waals surface area contributed by atoms with Crippen molar-refractivity contribution in [1.82, 2.24) is 9.78 Å². The molecule has 1 unspecified atom stereocenters. The molecule has 7 heteroatoms. The van der Waals surface area contributed by atoms with E-state index < -0.39 is 31.8 Å². The molecule has 0 spiro atoms. The molecule has 0 bridgehead atoms. The van der Waals surface area contributed by atoms with Crippen LogP contribution in [0, 0.1) is 0 Å². The maximum absolute atomic E-state index is 12.9. The molecular formula is C16H18N2O4S. The second-order valence-corrected chi connectivity index (χ2v) is 8.63. The van der Waals surface area contributed by atoms with Crippen LogP contribution in [0.3, 0.4) is 0 Å². The van der Waals surface area contributed by atoms with E-state index in [2.05, 4.69) is 5.10 Å². The van der Waals surface area contributed by atoms with Crippen molar-refractivity contribution in [2.75, 3.05) is 0 Å². The van der Waals surface area contributed by atoms with E-state index in [1.807, 2.05) is 13.8 Å². The lowest BCUT2D eigenvalue weighted by Gasteiger charge is -2.36. The van der Waals surface area contributed by atoms with Crippen molar-refractivity contribution in [3.8, 4) is 0 Å². The number of aryl methyl sites for hydroxylation is 1. The van der Waals surface area contributed by atoms with E-state index in [4.69, 9.17) is 0 Å². The van der Waals surface area contributed by atoms with Crippen molar-refractivity contribution in [1.29, 1.82) is 0 Å². The highest BCUT2D eigenvalue weighted by atomic mass is 32.2. The fourth-order valence-corrected chi connectivity index (χ4v) is 5.43. The quantitative estimate of drug-likeness (QED) is 0.841. The number of hydrogen-bond donors (Lipinski definition) is 1. The highest BCUT2D eigenvalue weighted by molar-refractivity contribution is 7.93. The Bertz CT molecular complexity index is 950. The third-order valence-electron chi connectivity index (χ3n) is 4.49. The van der Waals surface area contributed by atoms with Crippen LogP contribution in [0.25, 0.3) is 0 Å². The van der Waals surface area contributed by atoms with E-state index in [-0.39, 0.29) is 16.9 Å². The number of fused-ring (bicyclic) bond motifs is 1. The molecule has 3 rings (SSSR count). The molecular weight excluding hydrogens is 316 g/mol. The summed E-state index contributed by atoms with van der Waals surface area (Å²) in [5, 5.41) is 1.37. The van der Waals surface area contributed by atoms with Crippen LogP contribution in [0.1, 0.15) is 36.2 Å². The van der Waals surface area contributed by atoms with Gasteiger partial charge < -0.3 is 5.10 Å². The molecule has 6 nitrogen and oxygen atoms in total. The van der Waals surface area contributed by atoms with Gasteiger partial charge in [-0.05, 0) is 23.5 Å². The molecule has 0 amide bonds. The Morgan fingerprint density at radius 2 is 1.96 bits per heavy atom. The van der Waals surface area contributed by atoms with Crippen LogP contribution in [0.15, 0.2) is 40.2 Å². The molecule has 0 saturated carbocycles. The minimum absolute atomic E-state index is 0.115. The summed E-state index contributed by atoms with van der Waals surface area (Å²) in [5.41, 5.74) is -0.381. The normalized spacial score (nSPS) is 21.6. The van der Waals surface area contributed by atoms with Crippen molar-refractivity contribution in [2.24, 2.45) is 7.05 Å². The lowest BCUT2D eigenvalue weighted by atomic mass is 9.79. The average Bonchev–Trinajstić information content (AvgIpc) is 2.83. The van der Waals surface area contributed by atoms with Gasteiger partial charge in [0.25, 0.3) is 5.56 Å². The number of ketones is 1. The average molecular weight is 334 g/mol. The van der Waals surface area contributed by atoms with Gasteiger partial charge in [-0.25, -0.2) is 8.42 Å². The van der Waals surface area contributed by atoms with Gasteiger partial charge in [0.1, 0.15) is 10.8 Å². The van der Waals surface area contributed by atoms with Gasteiger partial charge in [0.05, 0.1) is 4.90 Å². The maximum Gasteiger partial charge on any atom is 0.277 e. The minimum atomic E-state index is -3.82. The number of Topliss-reactive ketones (excluding diaryl/α,β-unsaturated/α-hetero) is 1. The zero-order valence-electron chi connectivity index (χ0n) is 13.2. The molecule has 0 saturated heterocycles. The highest BCUT2D eigenvalue weighted by Gasteiger charge is 2.46. The maximum atomic E-state index is 12.9. The topological polar surface area (TPSA) is 89.0 Å². The van der Waals surface area contributed by atoms with Crippen molar-refractivity contribution in [3.05, 3.63) is 51.9 Å². The van der Waals surface area contributed by atoms with Gasteiger partial charge in [0.2, 0.25) is 0 Å². The standard InChI is InChI=1S/C16H18N2O4S/c1-16(2)8-13(14(19)10-9-17-18(3)15(10)20)23(21,22)12-7-5-4-6-11(12)16/h4-7,9,13,17H,8H2,1-3H3. The number of H-pyrrole nitrogens is 1. The van der Waals surface area contributed by atoms with Crippen LogP contribution in [-0.4, -0.2) is 29.2 Å². The Balaban J connectivity index is 2.17. The van der Waals surface area contributed by atoms with Gasteiger partial charge >= 0.3 is 0 Å². The number of rotatable bonds is 2. The summed E-state index contributed by atoms with van der Waals surface area (Å²) in [5.74, 6) is -0.644. The van der Waals surface area contributed by atoms with E-state index in [1.165, 1.54) is 19.3 Å². The summed E-state index contributed by atoms with van der Waals surface area (Å²) < 4.78 is 26.9. The Hall–Kier alpha value is -2.15. The van der Waals surface area contributed by atoms with E-state index in [1.54, 1.807) is 18.2 Å². The predicted molar refractivity (Wildman–Crippen MR) is 85.4 cm³/mol. The number of aromatic nitrogens is 2. The molecule has 1 aromatic heterocycles. The Labute approximate surface area is 134 Å². The summed E-state index contributed by atoms with van der Waals surface area (Å²) in [4.78, 5) is 24.9. The molecule has 0 radical (unpaired) electrons. The van der Waals surface area contributed by atoms with E-state index in [9.17, 15) is 18.0 Å². The number of nitrogens with one attached hydrogen (secondary N) is 1. The van der Waals surface area contributed by atoms with Crippen LogP contribution in [0.5, 0.6) is 0 Å². The lowest BCUT2D eigenvalue weighted by molar-refractivity contribution is 0.0973. The van der Waals surface area contributed by atoms with Gasteiger partial charge in [0, 0.05) is 13.2 Å². The molecule has 0 fully saturated rings. The van der Waals surface area contributed by atoms with Crippen LogP contribution >= 0.6 is 0 Å². The second-order valence-electron chi connectivity index (χ2n) is 6.53. The minimum Gasteiger partial charge on any atom is -0.302 e. The van der Waals surface area contributed by atoms with E-state index in [0.29, 0.717) is 5.56 Å². The highest BCUT2D eigenvalue weighted by Crippen LogP contribution is 2.42. The van der Waals surface area contributed by atoms with Crippen LogP contribution in [0.2, 0.25) is 0 Å². The first kappa shape index (κ1) is 15.7. The van der Waals surface area contributed by atoms with Gasteiger partial charge in [0.15, 0.2) is 15.6 Å². The van der Waals surface area contributed by atoms with Crippen LogP contribution in [-0.2, 0) is 22.3 Å². The van der Waals surface area contributed by atoms with Crippen molar-refractivity contribution in [2.45, 2.75) is 35.8 Å². The van der Waals surface area contributed by atoms with E-state index in [0.717, 1.165) is 4.68 Å². The molecule has 0 aliphatic carbocycles. The number of benzene rings is 1. The molecule has 23 heavy (non-hydrogen) atoms. The van der Waals surface area contributed by atoms with Gasteiger partial charge in [-0.2, -0.15) is 0 Å². The smallest absolute Gasteiger partial charge is 0.277 e. The Morgan fingerprint density at radius 3 is 2.57 bits per heavy atom. The number of carbonyl (C=O) groups excluding carboxylic acids is 1. The van der Waals surface area contributed by atoms with Gasteiger partial charge in [-0.1, -0.05) is 32.0 Å². The predicted octanol–water partition coefficient (Wildman–Crippen LogP) is 1.42. The Kier molecular flexibility index (Phi) is 3.37. The Morgan fingerprint density at radius 1 is 1.30 bits per heavy atom. The lowest BCUT2D eigenvalue weighted by Crippen LogP contribution is -2.43. The molecule has 1 aliphatic rings. The number of nitrogens with zero attached hydrogens (tertiary/aromatic N) is 1. The van der Waals surface area contributed by atoms with Crippen molar-refractivity contribution >= 4 is 15.6 Å². The zero-order valence-corrected chi connectivity index (χ0v) is 14.0. The van der Waals surface area contributed by atoms with E-state index >= 15 is 0 Å². The number of carbonyl (C=O) groups is 1. The second kappa shape index (κ2) is 4.92. The summed E-state index contributed by atoms with van der Waals surface area (Å²) in [6, 6.07) is 6.75. The summed E-state index contributed by atoms with van der Waals surface area (Å²) >= 11 is 0. The number of sulfone groups is 1. The van der Waals surface area contributed by atoms with Gasteiger partial charge in [-0.15, -0.1) is 0 Å². The SMILES string of the molecule is Cn1[nH]cc(C(=O)C2CC(C)(C)c3ccccc3S2(=O)=O)c1=O. The largest absolute Gasteiger partial charge is 0.302 e. The first-order valence-electron chi connectivity index (χ1n) is 7.28. The number of aromatic amines is 1. The van der Waals surface area contributed by atoms with Crippen LogP contribution < -0.4 is 5.56 Å². The first-order chi connectivity index (χ1) is 10.7. The molecule has 1 atom stereocenters. The summed E-state index contributed by atoms with van der Waals surface area (Å²) in [6.45, 7) is 3.83. The zero-order chi connectivity index (χ0) is 17.0. The molecule has 2 heterocycles. The molecule has 1 aromatic carbocycles. The third-order valence-corrected chi connectivity index (χ3v) is 6.59. The third kappa shape index (κ3) is 2.26. The first-order valence-corrected chi connectivity index (χ1v) is 8.83. The van der Waals surface area contributed by atoms with Gasteiger partial charge in [-0.3, -0.25) is 14.3 Å². The molecule has 1 aliphatic heterocycles. The summed E-state index contributed by atoms with van der Waals surface area (Å²) in [7, 11) is -2.34. The van der Waals surface area contributed by atoms with Crippen LogP contribution in [0.4, 0.5) is 0 Å². The summed E-state index contributed by atoms with van der Waals surface area (Å²) in [6.07, 6.45) is 1.42. The monoisotopic (exact) mass is 334 g/mol.